The summed E-state index contributed by atoms with van der Waals surface area (Å²) in [5, 5.41) is 8.33. The van der Waals surface area contributed by atoms with Crippen LogP contribution in [0.25, 0.3) is 75.0 Å². The predicted molar refractivity (Wildman–Crippen MR) is 224 cm³/mol. The van der Waals surface area contributed by atoms with Crippen LogP contribution in [0.4, 0.5) is 11.6 Å². The SMILES string of the molecule is [B]c1ccccc1B1c2ccc3ccccc3c2-c2c(c3c4ccccc4sc3c3ccccc23)N1c1nc(-c2ccccc2)c2ccccc2n1. The summed E-state index contributed by atoms with van der Waals surface area (Å²) in [6, 6.07) is 58.1. The van der Waals surface area contributed by atoms with Crippen molar-refractivity contribution in [2.45, 2.75) is 0 Å². The zero-order chi connectivity index (χ0) is 34.3. The summed E-state index contributed by atoms with van der Waals surface area (Å²) in [6.07, 6.45) is 0. The molecule has 2 aromatic heterocycles. The first-order chi connectivity index (χ1) is 25.7. The fraction of sp³-hybridized carbons (Fsp3) is 0. The Labute approximate surface area is 306 Å². The Morgan fingerprint density at radius 1 is 0.519 bits per heavy atom. The van der Waals surface area contributed by atoms with E-state index in [4.69, 9.17) is 17.8 Å². The lowest BCUT2D eigenvalue weighted by Gasteiger charge is -2.40. The van der Waals surface area contributed by atoms with E-state index in [9.17, 15) is 0 Å². The first-order valence-electron chi connectivity index (χ1n) is 17.6. The Morgan fingerprint density at radius 3 is 2.04 bits per heavy atom. The van der Waals surface area contributed by atoms with Gasteiger partial charge in [-0.2, -0.15) is 0 Å². The van der Waals surface area contributed by atoms with E-state index in [1.807, 2.05) is 29.5 Å². The predicted octanol–water partition coefficient (Wildman–Crippen LogP) is 9.69. The van der Waals surface area contributed by atoms with Crippen LogP contribution in [0.1, 0.15) is 0 Å². The first-order valence-corrected chi connectivity index (χ1v) is 18.4. The summed E-state index contributed by atoms with van der Waals surface area (Å²) in [5.41, 5.74) is 9.30. The molecule has 0 bridgehead atoms. The van der Waals surface area contributed by atoms with Gasteiger partial charge in [0, 0.05) is 47.8 Å². The molecule has 2 radical (unpaired) electrons. The highest BCUT2D eigenvalue weighted by atomic mass is 32.1. The topological polar surface area (TPSA) is 29.0 Å². The Bertz CT molecular complexity index is 3070. The number of aromatic nitrogens is 2. The van der Waals surface area contributed by atoms with Gasteiger partial charge in [0.2, 0.25) is 5.95 Å². The Kier molecular flexibility index (Phi) is 6.46. The molecule has 0 saturated heterocycles. The molecule has 238 valence electrons. The molecule has 0 N–H and O–H groups in total. The van der Waals surface area contributed by atoms with E-state index in [-0.39, 0.29) is 6.85 Å². The lowest BCUT2D eigenvalue weighted by molar-refractivity contribution is 1.16. The molecule has 52 heavy (non-hydrogen) atoms. The second-order valence-electron chi connectivity index (χ2n) is 13.5. The van der Waals surface area contributed by atoms with Crippen molar-refractivity contribution in [2.75, 3.05) is 4.81 Å². The van der Waals surface area contributed by atoms with Crippen molar-refractivity contribution in [3.63, 3.8) is 0 Å². The zero-order valence-corrected chi connectivity index (χ0v) is 28.8. The molecule has 3 nitrogen and oxygen atoms in total. The molecule has 3 heterocycles. The van der Waals surface area contributed by atoms with E-state index in [2.05, 4.69) is 150 Å². The van der Waals surface area contributed by atoms with Gasteiger partial charge in [-0.25, -0.2) is 9.97 Å². The zero-order valence-electron chi connectivity index (χ0n) is 28.0. The molecular weight excluding hydrogens is 648 g/mol. The molecule has 0 spiro atoms. The van der Waals surface area contributed by atoms with Gasteiger partial charge < -0.3 is 4.81 Å². The van der Waals surface area contributed by atoms with Crippen LogP contribution in [0.15, 0.2) is 164 Å². The van der Waals surface area contributed by atoms with Gasteiger partial charge in [0.1, 0.15) is 7.85 Å². The Hall–Kier alpha value is -6.23. The van der Waals surface area contributed by atoms with E-state index >= 15 is 0 Å². The van der Waals surface area contributed by atoms with Gasteiger partial charge in [-0.1, -0.05) is 163 Å². The molecule has 1 aliphatic rings. The number of rotatable bonds is 3. The fourth-order valence-electron chi connectivity index (χ4n) is 8.45. The van der Waals surface area contributed by atoms with Crippen LogP contribution in [0.3, 0.4) is 0 Å². The van der Waals surface area contributed by atoms with Crippen LogP contribution in [0.2, 0.25) is 0 Å². The lowest BCUT2D eigenvalue weighted by atomic mass is 9.43. The van der Waals surface area contributed by atoms with Crippen molar-refractivity contribution >= 4 is 107 Å². The summed E-state index contributed by atoms with van der Waals surface area (Å²) >= 11 is 1.86. The quantitative estimate of drug-likeness (QED) is 0.175. The highest BCUT2D eigenvalue weighted by molar-refractivity contribution is 7.27. The van der Waals surface area contributed by atoms with Crippen LogP contribution >= 0.6 is 11.3 Å². The summed E-state index contributed by atoms with van der Waals surface area (Å²) < 4.78 is 2.51. The maximum atomic E-state index is 7.00. The summed E-state index contributed by atoms with van der Waals surface area (Å²) in [7, 11) is 7.00. The number of hydrogen-bond acceptors (Lipinski definition) is 4. The highest BCUT2D eigenvalue weighted by Crippen LogP contribution is 2.54. The van der Waals surface area contributed by atoms with Gasteiger partial charge in [0.25, 0.3) is 0 Å². The third-order valence-electron chi connectivity index (χ3n) is 10.7. The molecular formula is C46H27B2N3S. The van der Waals surface area contributed by atoms with Crippen LogP contribution < -0.4 is 21.2 Å². The smallest absolute Gasteiger partial charge is 0.331 e. The third-order valence-corrected chi connectivity index (χ3v) is 11.9. The minimum Gasteiger partial charge on any atom is -0.345 e. The lowest BCUT2D eigenvalue weighted by Crippen LogP contribution is -2.61. The standard InChI is InChI=1S/C46H27B2N3S/c47-35-22-10-11-23-36(35)48-37-27-26-28-14-4-5-17-30(28)40(37)41-31-18-6-7-19-32(31)45-42(34-21-9-13-25-39(34)52-45)44(41)51(48)46-49-38-24-12-8-20-33(38)43(50-46)29-15-2-1-3-16-29/h1-27H. The third kappa shape index (κ3) is 4.22. The number of para-hydroxylation sites is 1. The normalized spacial score (nSPS) is 12.6. The van der Waals surface area contributed by atoms with Gasteiger partial charge in [-0.15, -0.1) is 11.3 Å². The number of benzene rings is 8. The monoisotopic (exact) mass is 675 g/mol. The number of hydrogen-bond donors (Lipinski definition) is 0. The first kappa shape index (κ1) is 29.5. The van der Waals surface area contributed by atoms with Gasteiger partial charge in [0.15, 0.2) is 0 Å². The van der Waals surface area contributed by atoms with Crippen molar-refractivity contribution in [1.29, 1.82) is 0 Å². The maximum absolute atomic E-state index is 7.00. The molecule has 0 aliphatic carbocycles. The van der Waals surface area contributed by atoms with Crippen molar-refractivity contribution in [2.24, 2.45) is 0 Å². The van der Waals surface area contributed by atoms with Crippen molar-refractivity contribution in [1.82, 2.24) is 9.97 Å². The molecule has 0 fully saturated rings. The van der Waals surface area contributed by atoms with Crippen molar-refractivity contribution in [3.8, 4) is 22.4 Å². The number of fused-ring (bicyclic) bond motifs is 13. The van der Waals surface area contributed by atoms with E-state index in [1.165, 1.54) is 58.3 Å². The van der Waals surface area contributed by atoms with Crippen molar-refractivity contribution in [3.05, 3.63) is 164 Å². The largest absolute Gasteiger partial charge is 0.345 e. The minimum absolute atomic E-state index is 0.318. The van der Waals surface area contributed by atoms with E-state index in [0.29, 0.717) is 5.95 Å². The van der Waals surface area contributed by atoms with Gasteiger partial charge in [-0.05, 0) is 39.3 Å². The highest BCUT2D eigenvalue weighted by Gasteiger charge is 2.42. The molecule has 8 aromatic carbocycles. The average molecular weight is 675 g/mol. The van der Waals surface area contributed by atoms with Gasteiger partial charge >= 0.3 is 6.85 Å². The number of anilines is 2. The molecule has 10 aromatic rings. The molecule has 0 saturated carbocycles. The minimum atomic E-state index is -0.318. The maximum Gasteiger partial charge on any atom is 0.331 e. The second-order valence-corrected chi connectivity index (χ2v) is 14.5. The van der Waals surface area contributed by atoms with Gasteiger partial charge in [0.05, 0.1) is 11.2 Å². The number of nitrogens with zero attached hydrogens (tertiary/aromatic N) is 3. The van der Waals surface area contributed by atoms with Gasteiger partial charge in [-0.3, -0.25) is 0 Å². The Balaban J connectivity index is 1.39. The molecule has 0 amide bonds. The Morgan fingerprint density at radius 2 is 1.19 bits per heavy atom. The van der Waals surface area contributed by atoms with Crippen LogP contribution in [-0.2, 0) is 0 Å². The average Bonchev–Trinajstić information content (AvgIpc) is 3.60. The van der Waals surface area contributed by atoms with E-state index in [1.54, 1.807) is 0 Å². The summed E-state index contributed by atoms with van der Waals surface area (Å²) in [6.45, 7) is -0.318. The van der Waals surface area contributed by atoms with Crippen molar-refractivity contribution < 1.29 is 0 Å². The van der Waals surface area contributed by atoms with Crippen LogP contribution in [0.5, 0.6) is 0 Å². The summed E-state index contributed by atoms with van der Waals surface area (Å²) in [4.78, 5) is 13.4. The number of thiophene rings is 1. The van der Waals surface area contributed by atoms with E-state index in [0.717, 1.165) is 38.8 Å². The molecule has 0 unspecified atom stereocenters. The molecule has 6 heteroatoms. The van der Waals surface area contributed by atoms with Crippen LogP contribution in [-0.4, -0.2) is 24.7 Å². The molecule has 1 aliphatic heterocycles. The fourth-order valence-corrected chi connectivity index (χ4v) is 9.69. The van der Waals surface area contributed by atoms with E-state index < -0.39 is 0 Å². The van der Waals surface area contributed by atoms with Crippen LogP contribution in [0, 0.1) is 0 Å². The second kappa shape index (κ2) is 11.4. The summed E-state index contributed by atoms with van der Waals surface area (Å²) in [5.74, 6) is 0.637. The molecule has 0 atom stereocenters. The molecule has 11 rings (SSSR count).